The van der Waals surface area contributed by atoms with Crippen LogP contribution in [0.3, 0.4) is 0 Å². The van der Waals surface area contributed by atoms with Crippen LogP contribution in [0, 0.1) is 0 Å². The zero-order valence-corrected chi connectivity index (χ0v) is 18.8. The third kappa shape index (κ3) is 5.57. The van der Waals surface area contributed by atoms with E-state index in [4.69, 9.17) is 0 Å². The minimum Gasteiger partial charge on any atom is -0.374 e. The summed E-state index contributed by atoms with van der Waals surface area (Å²) in [5.41, 5.74) is 5.19. The van der Waals surface area contributed by atoms with Crippen LogP contribution in [0.15, 0.2) is 48.5 Å². The molecule has 2 aliphatic rings. The van der Waals surface area contributed by atoms with Gasteiger partial charge in [-0.2, -0.15) is 0 Å². The molecule has 0 saturated carbocycles. The zero-order chi connectivity index (χ0) is 21.6. The van der Waals surface area contributed by atoms with E-state index in [0.717, 1.165) is 44.7 Å². The summed E-state index contributed by atoms with van der Waals surface area (Å²) in [4.78, 5) is 19.7. The van der Waals surface area contributed by atoms with E-state index >= 15 is 0 Å². The monoisotopic (exact) mass is 421 g/mol. The van der Waals surface area contributed by atoms with Crippen LogP contribution in [0.25, 0.3) is 0 Å². The molecule has 2 amide bonds. The molecule has 0 aromatic heterocycles. The lowest BCUT2D eigenvalue weighted by Gasteiger charge is -2.39. The van der Waals surface area contributed by atoms with Crippen LogP contribution in [-0.4, -0.2) is 69.2 Å². The molecule has 2 aromatic rings. The number of fused-ring (bicyclic) bond motifs is 1. The standard InChI is InChI=1S/C25H35N5O/c1-28-13-15-30(16-14-28)24(19-27-25(31)26-18-20-7-4-3-5-8-20)22-10-11-23-21(17-22)9-6-12-29(23)2/h3-5,7-8,10-11,17,24H,6,9,12-16,18-19H2,1-2H3,(H2,26,27,31)/t24-/m0/s1. The van der Waals surface area contributed by atoms with Crippen molar-refractivity contribution >= 4 is 11.7 Å². The van der Waals surface area contributed by atoms with Crippen molar-refractivity contribution in [1.82, 2.24) is 20.4 Å². The second kappa shape index (κ2) is 10.2. The number of rotatable bonds is 6. The summed E-state index contributed by atoms with van der Waals surface area (Å²) in [6.07, 6.45) is 2.33. The first kappa shape index (κ1) is 21.7. The Morgan fingerprint density at radius 3 is 2.52 bits per heavy atom. The molecule has 2 heterocycles. The van der Waals surface area contributed by atoms with Crippen molar-refractivity contribution in [2.45, 2.75) is 25.4 Å². The number of nitrogens with one attached hydrogen (secondary N) is 2. The largest absolute Gasteiger partial charge is 0.374 e. The van der Waals surface area contributed by atoms with Crippen molar-refractivity contribution in [3.63, 3.8) is 0 Å². The Morgan fingerprint density at radius 2 is 1.74 bits per heavy atom. The van der Waals surface area contributed by atoms with Crippen LogP contribution in [0.2, 0.25) is 0 Å². The molecule has 2 N–H and O–H groups in total. The van der Waals surface area contributed by atoms with Crippen LogP contribution in [-0.2, 0) is 13.0 Å². The number of benzene rings is 2. The van der Waals surface area contributed by atoms with Gasteiger partial charge in [0.05, 0.1) is 6.04 Å². The first-order valence-corrected chi connectivity index (χ1v) is 11.4. The van der Waals surface area contributed by atoms with Gasteiger partial charge in [-0.05, 0) is 42.6 Å². The number of amides is 2. The van der Waals surface area contributed by atoms with E-state index in [2.05, 4.69) is 57.6 Å². The Kier molecular flexibility index (Phi) is 7.10. The van der Waals surface area contributed by atoms with Crippen molar-refractivity contribution in [1.29, 1.82) is 0 Å². The van der Waals surface area contributed by atoms with Gasteiger partial charge in [-0.1, -0.05) is 42.5 Å². The van der Waals surface area contributed by atoms with Crippen LogP contribution >= 0.6 is 0 Å². The fourth-order valence-electron chi connectivity index (χ4n) is 4.63. The van der Waals surface area contributed by atoms with Gasteiger partial charge in [-0.15, -0.1) is 0 Å². The van der Waals surface area contributed by atoms with Gasteiger partial charge in [0.2, 0.25) is 0 Å². The van der Waals surface area contributed by atoms with E-state index in [-0.39, 0.29) is 12.1 Å². The molecule has 0 spiro atoms. The van der Waals surface area contributed by atoms with Crippen molar-refractivity contribution in [2.24, 2.45) is 0 Å². The van der Waals surface area contributed by atoms with Crippen LogP contribution in [0.4, 0.5) is 10.5 Å². The predicted octanol–water partition coefficient (Wildman–Crippen LogP) is 2.86. The van der Waals surface area contributed by atoms with Crippen molar-refractivity contribution in [3.8, 4) is 0 Å². The number of hydrogen-bond acceptors (Lipinski definition) is 4. The zero-order valence-electron chi connectivity index (χ0n) is 18.8. The smallest absolute Gasteiger partial charge is 0.315 e. The van der Waals surface area contributed by atoms with Crippen LogP contribution in [0.5, 0.6) is 0 Å². The van der Waals surface area contributed by atoms with Crippen LogP contribution in [0.1, 0.15) is 29.2 Å². The number of urea groups is 1. The van der Waals surface area contributed by atoms with Gasteiger partial charge in [0.15, 0.2) is 0 Å². The van der Waals surface area contributed by atoms with E-state index in [1.54, 1.807) is 0 Å². The maximum atomic E-state index is 12.5. The summed E-state index contributed by atoms with van der Waals surface area (Å²) in [6, 6.07) is 17.0. The Bertz CT molecular complexity index is 863. The highest BCUT2D eigenvalue weighted by atomic mass is 16.2. The van der Waals surface area contributed by atoms with E-state index in [0.29, 0.717) is 13.1 Å². The Balaban J connectivity index is 1.44. The summed E-state index contributed by atoms with van der Waals surface area (Å²) < 4.78 is 0. The maximum absolute atomic E-state index is 12.5. The summed E-state index contributed by atoms with van der Waals surface area (Å²) in [6.45, 7) is 6.43. The fraction of sp³-hybridized carbons (Fsp3) is 0.480. The molecular formula is C25H35N5O. The lowest BCUT2D eigenvalue weighted by molar-refractivity contribution is 0.111. The van der Waals surface area contributed by atoms with Gasteiger partial charge in [0.25, 0.3) is 0 Å². The van der Waals surface area contributed by atoms with E-state index in [1.165, 1.54) is 23.2 Å². The van der Waals surface area contributed by atoms with Gasteiger partial charge in [0.1, 0.15) is 0 Å². The summed E-state index contributed by atoms with van der Waals surface area (Å²) in [7, 11) is 4.35. The topological polar surface area (TPSA) is 50.9 Å². The summed E-state index contributed by atoms with van der Waals surface area (Å²) >= 11 is 0. The molecule has 6 nitrogen and oxygen atoms in total. The second-order valence-electron chi connectivity index (χ2n) is 8.82. The number of aryl methyl sites for hydroxylation is 1. The Morgan fingerprint density at radius 1 is 0.968 bits per heavy atom. The first-order valence-electron chi connectivity index (χ1n) is 11.4. The molecule has 31 heavy (non-hydrogen) atoms. The second-order valence-corrected chi connectivity index (χ2v) is 8.82. The highest BCUT2D eigenvalue weighted by molar-refractivity contribution is 5.73. The van der Waals surface area contributed by atoms with E-state index < -0.39 is 0 Å². The number of carbonyl (C=O) groups excluding carboxylic acids is 1. The first-order chi connectivity index (χ1) is 15.1. The third-order valence-corrected chi connectivity index (χ3v) is 6.57. The average molecular weight is 422 g/mol. The highest BCUT2D eigenvalue weighted by Crippen LogP contribution is 2.31. The molecule has 0 bridgehead atoms. The molecular weight excluding hydrogens is 386 g/mol. The number of likely N-dealkylation sites (N-methyl/N-ethyl adjacent to an activating group) is 1. The number of hydrogen-bond donors (Lipinski definition) is 2. The quantitative estimate of drug-likeness (QED) is 0.753. The number of nitrogens with zero attached hydrogens (tertiary/aromatic N) is 3. The summed E-state index contributed by atoms with van der Waals surface area (Å²) in [5, 5.41) is 6.12. The molecule has 1 fully saturated rings. The van der Waals surface area contributed by atoms with Gasteiger partial charge in [0, 0.05) is 58.5 Å². The molecule has 6 heteroatoms. The minimum atomic E-state index is -0.110. The molecule has 2 aromatic carbocycles. The van der Waals surface area contributed by atoms with E-state index in [1.807, 2.05) is 30.3 Å². The Labute approximate surface area is 186 Å². The molecule has 0 unspecified atom stereocenters. The van der Waals surface area contributed by atoms with Gasteiger partial charge in [-0.3, -0.25) is 4.90 Å². The molecule has 2 aliphatic heterocycles. The number of carbonyl (C=O) groups is 1. The SMILES string of the molecule is CN1CCN([C@@H](CNC(=O)NCc2ccccc2)c2ccc3c(c2)CCCN3C)CC1. The number of piperazine rings is 1. The highest BCUT2D eigenvalue weighted by Gasteiger charge is 2.26. The molecule has 0 aliphatic carbocycles. The van der Waals surface area contributed by atoms with Gasteiger partial charge >= 0.3 is 6.03 Å². The van der Waals surface area contributed by atoms with Gasteiger partial charge in [-0.25, -0.2) is 4.79 Å². The predicted molar refractivity (Wildman–Crippen MR) is 127 cm³/mol. The molecule has 1 saturated heterocycles. The van der Waals surface area contributed by atoms with E-state index in [9.17, 15) is 4.79 Å². The summed E-state index contributed by atoms with van der Waals surface area (Å²) in [5.74, 6) is 0. The molecule has 166 valence electrons. The van der Waals surface area contributed by atoms with Crippen molar-refractivity contribution in [2.75, 3.05) is 58.3 Å². The van der Waals surface area contributed by atoms with Gasteiger partial charge < -0.3 is 20.4 Å². The lowest BCUT2D eigenvalue weighted by Crippen LogP contribution is -2.49. The number of anilines is 1. The Hall–Kier alpha value is -2.57. The third-order valence-electron chi connectivity index (χ3n) is 6.57. The normalized spacial score (nSPS) is 18.3. The van der Waals surface area contributed by atoms with Crippen LogP contribution < -0.4 is 15.5 Å². The minimum absolute atomic E-state index is 0.110. The fourth-order valence-corrected chi connectivity index (χ4v) is 4.63. The maximum Gasteiger partial charge on any atom is 0.315 e. The lowest BCUT2D eigenvalue weighted by atomic mass is 9.95. The molecule has 0 radical (unpaired) electrons. The van der Waals surface area contributed by atoms with Crippen molar-refractivity contribution < 1.29 is 4.79 Å². The average Bonchev–Trinajstić information content (AvgIpc) is 2.80. The van der Waals surface area contributed by atoms with Crippen molar-refractivity contribution in [3.05, 3.63) is 65.2 Å². The molecule has 4 rings (SSSR count). The molecule has 1 atom stereocenters.